The topological polar surface area (TPSA) is 37.3 Å². The molecule has 0 aromatic heterocycles. The van der Waals surface area contributed by atoms with Gasteiger partial charge in [-0.15, -0.1) is 0 Å². The fourth-order valence-electron chi connectivity index (χ4n) is 2.76. The lowest BCUT2D eigenvalue weighted by Gasteiger charge is -2.38. The van der Waals surface area contributed by atoms with E-state index in [2.05, 4.69) is 0 Å². The number of hydrogen-bond acceptors (Lipinski definition) is 2. The molecule has 0 amide bonds. The van der Waals surface area contributed by atoms with Crippen molar-refractivity contribution in [3.63, 3.8) is 0 Å². The van der Waals surface area contributed by atoms with Crippen molar-refractivity contribution in [3.8, 4) is 0 Å². The van der Waals surface area contributed by atoms with Crippen molar-refractivity contribution in [2.75, 3.05) is 6.61 Å². The first-order chi connectivity index (χ1) is 6.31. The molecule has 76 valence electrons. The smallest absolute Gasteiger partial charge is 0.0433 e. The van der Waals surface area contributed by atoms with Gasteiger partial charge in [-0.1, -0.05) is 6.42 Å². The van der Waals surface area contributed by atoms with Gasteiger partial charge in [0.1, 0.15) is 0 Å². The van der Waals surface area contributed by atoms with E-state index in [0.29, 0.717) is 23.0 Å². The first-order valence-corrected chi connectivity index (χ1v) is 6.59. The molecule has 2 bridgehead atoms. The Morgan fingerprint density at radius 2 is 1.85 bits per heavy atom. The van der Waals surface area contributed by atoms with E-state index in [1.165, 1.54) is 6.42 Å². The molecule has 2 aliphatic rings. The zero-order valence-corrected chi connectivity index (χ0v) is 8.76. The van der Waals surface area contributed by atoms with E-state index >= 15 is 0 Å². The van der Waals surface area contributed by atoms with Crippen LogP contribution in [0.15, 0.2) is 0 Å². The van der Waals surface area contributed by atoms with Crippen molar-refractivity contribution in [2.45, 2.75) is 49.0 Å². The Balaban J connectivity index is 1.99. The minimum Gasteiger partial charge on any atom is -0.396 e. The first kappa shape index (κ1) is 9.66. The molecule has 2 heterocycles. The molecule has 0 radical (unpaired) electrons. The molecule has 2 rings (SSSR count). The summed E-state index contributed by atoms with van der Waals surface area (Å²) in [5.41, 5.74) is 0. The zero-order valence-electron chi connectivity index (χ0n) is 7.95. The van der Waals surface area contributed by atoms with Crippen molar-refractivity contribution >= 4 is 10.8 Å². The van der Waals surface area contributed by atoms with Crippen molar-refractivity contribution in [3.05, 3.63) is 0 Å². The number of rotatable bonds is 2. The maximum Gasteiger partial charge on any atom is 0.0433 e. The van der Waals surface area contributed by atoms with Crippen LogP contribution in [-0.2, 0) is 10.8 Å². The SMILES string of the molecule is O=S1C2CCCC1CC(CCO)C2. The van der Waals surface area contributed by atoms with Crippen LogP contribution in [0, 0.1) is 5.92 Å². The second kappa shape index (κ2) is 4.09. The van der Waals surface area contributed by atoms with Crippen molar-refractivity contribution in [1.82, 2.24) is 0 Å². The summed E-state index contributed by atoms with van der Waals surface area (Å²) in [6.45, 7) is 0.302. The van der Waals surface area contributed by atoms with Gasteiger partial charge in [0.15, 0.2) is 0 Å². The lowest BCUT2D eigenvalue weighted by molar-refractivity contribution is 0.233. The molecule has 0 spiro atoms. The van der Waals surface area contributed by atoms with Gasteiger partial charge in [-0.3, -0.25) is 4.21 Å². The van der Waals surface area contributed by atoms with Crippen LogP contribution in [0.3, 0.4) is 0 Å². The monoisotopic (exact) mass is 202 g/mol. The average molecular weight is 202 g/mol. The van der Waals surface area contributed by atoms with Crippen molar-refractivity contribution in [1.29, 1.82) is 0 Å². The van der Waals surface area contributed by atoms with Gasteiger partial charge in [-0.2, -0.15) is 0 Å². The fourth-order valence-corrected chi connectivity index (χ4v) is 5.03. The lowest BCUT2D eigenvalue weighted by Crippen LogP contribution is -2.39. The number of aliphatic hydroxyl groups excluding tert-OH is 1. The third-order valence-corrected chi connectivity index (χ3v) is 5.61. The molecule has 2 aliphatic heterocycles. The Bertz CT molecular complexity index is 189. The van der Waals surface area contributed by atoms with Gasteiger partial charge >= 0.3 is 0 Å². The third-order valence-electron chi connectivity index (χ3n) is 3.44. The molecule has 2 fully saturated rings. The van der Waals surface area contributed by atoms with Gasteiger partial charge in [-0.05, 0) is 38.0 Å². The second-order valence-electron chi connectivity index (χ2n) is 4.35. The van der Waals surface area contributed by atoms with E-state index in [1.807, 2.05) is 0 Å². The van der Waals surface area contributed by atoms with E-state index in [-0.39, 0.29) is 0 Å². The summed E-state index contributed by atoms with van der Waals surface area (Å²) >= 11 is 0. The molecule has 2 saturated heterocycles. The summed E-state index contributed by atoms with van der Waals surface area (Å²) in [6.07, 6.45) is 6.71. The quantitative estimate of drug-likeness (QED) is 0.736. The Hall–Kier alpha value is 0.110. The molecule has 0 saturated carbocycles. The minimum absolute atomic E-state index is 0.302. The fraction of sp³-hybridized carbons (Fsp3) is 1.00. The Morgan fingerprint density at radius 3 is 2.38 bits per heavy atom. The van der Waals surface area contributed by atoms with Crippen molar-refractivity contribution in [2.24, 2.45) is 5.92 Å². The minimum atomic E-state index is -0.542. The molecule has 2 nitrogen and oxygen atoms in total. The van der Waals surface area contributed by atoms with Gasteiger partial charge in [0, 0.05) is 27.9 Å². The maximum atomic E-state index is 11.8. The molecular weight excluding hydrogens is 184 g/mol. The summed E-state index contributed by atoms with van der Waals surface area (Å²) in [6, 6.07) is 0. The zero-order chi connectivity index (χ0) is 9.26. The Morgan fingerprint density at radius 1 is 1.23 bits per heavy atom. The molecule has 0 aromatic carbocycles. The molecule has 1 N–H and O–H groups in total. The second-order valence-corrected chi connectivity index (χ2v) is 6.34. The van der Waals surface area contributed by atoms with Crippen LogP contribution in [0.5, 0.6) is 0 Å². The van der Waals surface area contributed by atoms with Gasteiger partial charge in [-0.25, -0.2) is 0 Å². The van der Waals surface area contributed by atoms with Crippen LogP contribution in [-0.4, -0.2) is 26.4 Å². The van der Waals surface area contributed by atoms with E-state index in [0.717, 1.165) is 32.1 Å². The third kappa shape index (κ3) is 1.96. The lowest BCUT2D eigenvalue weighted by atomic mass is 9.88. The van der Waals surface area contributed by atoms with Crippen LogP contribution in [0.2, 0.25) is 0 Å². The van der Waals surface area contributed by atoms with Crippen LogP contribution in [0.1, 0.15) is 38.5 Å². The van der Waals surface area contributed by atoms with Crippen LogP contribution >= 0.6 is 0 Å². The highest BCUT2D eigenvalue weighted by Crippen LogP contribution is 2.37. The summed E-state index contributed by atoms with van der Waals surface area (Å²) in [4.78, 5) is 0. The predicted molar refractivity (Wildman–Crippen MR) is 54.0 cm³/mol. The Labute approximate surface area is 82.2 Å². The summed E-state index contributed by atoms with van der Waals surface area (Å²) in [7, 11) is -0.542. The molecule has 2 atom stereocenters. The first-order valence-electron chi connectivity index (χ1n) is 5.31. The van der Waals surface area contributed by atoms with Gasteiger partial charge in [0.05, 0.1) is 0 Å². The number of fused-ring (bicyclic) bond motifs is 2. The molecular formula is C10H18O2S. The van der Waals surface area contributed by atoms with E-state index in [9.17, 15) is 4.21 Å². The highest BCUT2D eigenvalue weighted by molar-refractivity contribution is 7.86. The molecule has 3 heteroatoms. The molecule has 13 heavy (non-hydrogen) atoms. The van der Waals surface area contributed by atoms with E-state index in [1.54, 1.807) is 0 Å². The number of aliphatic hydroxyl groups is 1. The maximum absolute atomic E-state index is 11.8. The van der Waals surface area contributed by atoms with E-state index in [4.69, 9.17) is 5.11 Å². The summed E-state index contributed by atoms with van der Waals surface area (Å²) < 4.78 is 11.8. The largest absolute Gasteiger partial charge is 0.396 e. The van der Waals surface area contributed by atoms with Crippen LogP contribution < -0.4 is 0 Å². The highest BCUT2D eigenvalue weighted by atomic mass is 32.2. The predicted octanol–water partition coefficient (Wildman–Crippen LogP) is 1.45. The van der Waals surface area contributed by atoms with Gasteiger partial charge < -0.3 is 5.11 Å². The number of hydrogen-bond donors (Lipinski definition) is 1. The normalized spacial score (nSPS) is 44.7. The van der Waals surface area contributed by atoms with Gasteiger partial charge in [0.2, 0.25) is 0 Å². The van der Waals surface area contributed by atoms with Crippen LogP contribution in [0.4, 0.5) is 0 Å². The average Bonchev–Trinajstić information content (AvgIpc) is 2.07. The van der Waals surface area contributed by atoms with Gasteiger partial charge in [0.25, 0.3) is 0 Å². The Kier molecular flexibility index (Phi) is 3.04. The molecule has 0 aromatic rings. The van der Waals surface area contributed by atoms with E-state index < -0.39 is 10.8 Å². The van der Waals surface area contributed by atoms with Crippen LogP contribution in [0.25, 0.3) is 0 Å². The highest BCUT2D eigenvalue weighted by Gasteiger charge is 2.37. The van der Waals surface area contributed by atoms with Crippen molar-refractivity contribution < 1.29 is 9.32 Å². The summed E-state index contributed by atoms with van der Waals surface area (Å²) in [5.74, 6) is 0.651. The standard InChI is InChI=1S/C10H18O2S/c11-5-4-8-6-9-2-1-3-10(7-8)13(9)12/h8-11H,1-7H2. The molecule has 0 aliphatic carbocycles. The molecule has 2 unspecified atom stereocenters. The summed E-state index contributed by atoms with van der Waals surface area (Å²) in [5, 5.41) is 9.80.